The molecular formula is C29H26N4O6. The average Bonchev–Trinajstić information content (AvgIpc) is 3.43. The van der Waals surface area contributed by atoms with Crippen molar-refractivity contribution in [3.8, 4) is 28.6 Å². The molecule has 0 aliphatic heterocycles. The fourth-order valence-corrected chi connectivity index (χ4v) is 4.54. The van der Waals surface area contributed by atoms with Crippen LogP contribution in [0.2, 0.25) is 0 Å². The lowest BCUT2D eigenvalue weighted by molar-refractivity contribution is 0.0698. The van der Waals surface area contributed by atoms with E-state index in [1.807, 2.05) is 19.9 Å². The molecule has 198 valence electrons. The molecule has 10 heteroatoms. The van der Waals surface area contributed by atoms with Gasteiger partial charge in [0.1, 0.15) is 11.3 Å². The van der Waals surface area contributed by atoms with Crippen LogP contribution < -0.4 is 20.2 Å². The van der Waals surface area contributed by atoms with Crippen molar-refractivity contribution < 1.29 is 23.8 Å². The first kappa shape index (κ1) is 25.5. The number of hydrogen-bond donors (Lipinski definition) is 2. The van der Waals surface area contributed by atoms with Crippen LogP contribution in [-0.2, 0) is 0 Å². The number of carboxylic acids is 1. The Balaban J connectivity index is 1.62. The Kier molecular flexibility index (Phi) is 6.76. The van der Waals surface area contributed by atoms with Gasteiger partial charge in [-0.05, 0) is 49.7 Å². The summed E-state index contributed by atoms with van der Waals surface area (Å²) >= 11 is 0. The summed E-state index contributed by atoms with van der Waals surface area (Å²) in [5.74, 6) is 0.307. The molecule has 0 fully saturated rings. The minimum Gasteiger partial charge on any atom is -0.493 e. The summed E-state index contributed by atoms with van der Waals surface area (Å²) in [6.07, 6.45) is 1.51. The maximum atomic E-state index is 13.3. The zero-order valence-corrected chi connectivity index (χ0v) is 21.8. The first-order valence-corrected chi connectivity index (χ1v) is 12.1. The monoisotopic (exact) mass is 526 g/mol. The fraction of sp³-hybridized carbons (Fsp3) is 0.172. The number of rotatable bonds is 8. The molecule has 0 saturated heterocycles. The van der Waals surface area contributed by atoms with Crippen LogP contribution in [0, 0.1) is 6.92 Å². The van der Waals surface area contributed by atoms with E-state index < -0.39 is 5.97 Å². The summed E-state index contributed by atoms with van der Waals surface area (Å²) in [5.41, 5.74) is 3.43. The first-order chi connectivity index (χ1) is 18.8. The lowest BCUT2D eigenvalue weighted by atomic mass is 10.0. The van der Waals surface area contributed by atoms with E-state index in [4.69, 9.17) is 13.9 Å². The Labute approximate surface area is 223 Å². The number of carbonyl (C=O) groups is 1. The lowest BCUT2D eigenvalue weighted by Crippen LogP contribution is -2.12. The van der Waals surface area contributed by atoms with E-state index in [1.165, 1.54) is 18.3 Å². The molecular weight excluding hydrogens is 500 g/mol. The maximum absolute atomic E-state index is 13.3. The van der Waals surface area contributed by atoms with Gasteiger partial charge in [-0.15, -0.1) is 5.10 Å². The number of methoxy groups -OCH3 is 2. The molecule has 0 spiro atoms. The molecule has 1 atom stereocenters. The number of aryl methyl sites for hydroxylation is 1. The van der Waals surface area contributed by atoms with Crippen LogP contribution >= 0.6 is 0 Å². The maximum Gasteiger partial charge on any atom is 0.337 e. The van der Waals surface area contributed by atoms with Crippen LogP contribution in [0.5, 0.6) is 11.5 Å². The smallest absolute Gasteiger partial charge is 0.337 e. The highest BCUT2D eigenvalue weighted by Gasteiger charge is 2.20. The van der Waals surface area contributed by atoms with Crippen LogP contribution in [0.4, 0.5) is 5.69 Å². The molecule has 0 aliphatic carbocycles. The SMILES string of the molecule is COc1ccc(-n2nncc2-c2cc(=O)c3cc(C)cc([C@@H](C)Nc4ccccc4C(=O)O)c3o2)cc1OC. The van der Waals surface area contributed by atoms with Gasteiger partial charge in [-0.1, -0.05) is 23.4 Å². The molecule has 39 heavy (non-hydrogen) atoms. The second-order valence-electron chi connectivity index (χ2n) is 8.99. The Hall–Kier alpha value is -5.12. The van der Waals surface area contributed by atoms with Gasteiger partial charge < -0.3 is 24.3 Å². The minimum absolute atomic E-state index is 0.147. The fourth-order valence-electron chi connectivity index (χ4n) is 4.54. The summed E-state index contributed by atoms with van der Waals surface area (Å²) in [6, 6.07) is 16.7. The van der Waals surface area contributed by atoms with Crippen LogP contribution in [0.3, 0.4) is 0 Å². The normalized spacial score (nSPS) is 11.8. The molecule has 10 nitrogen and oxygen atoms in total. The molecule has 0 saturated carbocycles. The Morgan fingerprint density at radius 1 is 1.05 bits per heavy atom. The second kappa shape index (κ2) is 10.3. The van der Waals surface area contributed by atoms with Crippen molar-refractivity contribution in [3.63, 3.8) is 0 Å². The first-order valence-electron chi connectivity index (χ1n) is 12.1. The number of aromatic carboxylic acids is 1. The molecule has 2 aromatic heterocycles. The summed E-state index contributed by atoms with van der Waals surface area (Å²) < 4.78 is 18.7. The molecule has 0 unspecified atom stereocenters. The predicted octanol–water partition coefficient (Wildman–Crippen LogP) is 5.24. The van der Waals surface area contributed by atoms with E-state index in [9.17, 15) is 14.7 Å². The van der Waals surface area contributed by atoms with Crippen LogP contribution in [0.25, 0.3) is 28.1 Å². The van der Waals surface area contributed by atoms with Crippen LogP contribution in [-0.4, -0.2) is 40.3 Å². The number of para-hydroxylation sites is 1. The third-order valence-corrected chi connectivity index (χ3v) is 6.41. The van der Waals surface area contributed by atoms with Gasteiger partial charge in [0.25, 0.3) is 0 Å². The van der Waals surface area contributed by atoms with Gasteiger partial charge >= 0.3 is 5.97 Å². The summed E-state index contributed by atoms with van der Waals surface area (Å²) in [7, 11) is 3.09. The Morgan fingerprint density at radius 3 is 2.56 bits per heavy atom. The summed E-state index contributed by atoms with van der Waals surface area (Å²) in [6.45, 7) is 3.78. The Morgan fingerprint density at radius 2 is 1.82 bits per heavy atom. The molecule has 0 radical (unpaired) electrons. The number of hydrogen-bond acceptors (Lipinski definition) is 8. The number of fused-ring (bicyclic) bond motifs is 1. The number of ether oxygens (including phenoxy) is 2. The molecule has 0 aliphatic rings. The van der Waals surface area contributed by atoms with Crippen molar-refractivity contribution >= 4 is 22.6 Å². The highest BCUT2D eigenvalue weighted by molar-refractivity contribution is 5.94. The predicted molar refractivity (Wildman–Crippen MR) is 146 cm³/mol. The van der Waals surface area contributed by atoms with E-state index in [0.29, 0.717) is 45.1 Å². The zero-order valence-electron chi connectivity index (χ0n) is 21.8. The van der Waals surface area contributed by atoms with E-state index in [1.54, 1.807) is 61.4 Å². The van der Waals surface area contributed by atoms with Crippen molar-refractivity contribution in [1.82, 2.24) is 15.0 Å². The van der Waals surface area contributed by atoms with Crippen molar-refractivity contribution in [1.29, 1.82) is 0 Å². The van der Waals surface area contributed by atoms with Gasteiger partial charge in [-0.3, -0.25) is 4.79 Å². The number of carboxylic acid groups (broad SMARTS) is 1. The van der Waals surface area contributed by atoms with Gasteiger partial charge in [0.2, 0.25) is 0 Å². The minimum atomic E-state index is -1.04. The number of benzene rings is 3. The summed E-state index contributed by atoms with van der Waals surface area (Å²) in [4.78, 5) is 25.0. The molecule has 2 heterocycles. The van der Waals surface area contributed by atoms with E-state index in [2.05, 4.69) is 15.6 Å². The molecule has 0 amide bonds. The van der Waals surface area contributed by atoms with Gasteiger partial charge in [-0.2, -0.15) is 0 Å². The third-order valence-electron chi connectivity index (χ3n) is 6.41. The average molecular weight is 527 g/mol. The second-order valence-corrected chi connectivity index (χ2v) is 8.99. The number of nitrogens with zero attached hydrogens (tertiary/aromatic N) is 3. The van der Waals surface area contributed by atoms with E-state index in [-0.39, 0.29) is 22.8 Å². The highest BCUT2D eigenvalue weighted by Crippen LogP contribution is 2.33. The number of aromatic nitrogens is 3. The van der Waals surface area contributed by atoms with Crippen molar-refractivity contribution in [2.24, 2.45) is 0 Å². The third kappa shape index (κ3) is 4.79. The van der Waals surface area contributed by atoms with Crippen LogP contribution in [0.15, 0.2) is 76.1 Å². The van der Waals surface area contributed by atoms with Gasteiger partial charge in [0, 0.05) is 23.4 Å². The quantitative estimate of drug-likeness (QED) is 0.279. The van der Waals surface area contributed by atoms with E-state index >= 15 is 0 Å². The number of nitrogens with one attached hydrogen (secondary N) is 1. The lowest BCUT2D eigenvalue weighted by Gasteiger charge is -2.19. The van der Waals surface area contributed by atoms with Crippen molar-refractivity contribution in [3.05, 3.63) is 93.8 Å². The largest absolute Gasteiger partial charge is 0.493 e. The van der Waals surface area contributed by atoms with Crippen molar-refractivity contribution in [2.45, 2.75) is 19.9 Å². The van der Waals surface area contributed by atoms with Gasteiger partial charge in [-0.25, -0.2) is 9.48 Å². The molecule has 3 aromatic carbocycles. The zero-order chi connectivity index (χ0) is 27.7. The van der Waals surface area contributed by atoms with Gasteiger partial charge in [0.05, 0.1) is 43.1 Å². The molecule has 5 rings (SSSR count). The molecule has 5 aromatic rings. The molecule has 2 N–H and O–H groups in total. The number of anilines is 1. The van der Waals surface area contributed by atoms with Gasteiger partial charge in [0.15, 0.2) is 22.7 Å². The summed E-state index contributed by atoms with van der Waals surface area (Å²) in [5, 5.41) is 21.5. The van der Waals surface area contributed by atoms with Crippen LogP contribution in [0.1, 0.15) is 34.5 Å². The topological polar surface area (TPSA) is 129 Å². The highest BCUT2D eigenvalue weighted by atomic mass is 16.5. The molecule has 0 bridgehead atoms. The Bertz CT molecular complexity index is 1760. The van der Waals surface area contributed by atoms with E-state index in [0.717, 1.165) is 5.56 Å². The standard InChI is InChI=1S/C29H26N4O6/c1-16-11-20(17(2)31-22-8-6-5-7-19(22)29(35)36)28-21(12-16)24(34)14-26(39-28)23-15-30-32-33(23)18-9-10-25(37-3)27(13-18)38-4/h5-15,17,31H,1-4H3,(H,35,36)/t17-/m1/s1. The van der Waals surface area contributed by atoms with Crippen molar-refractivity contribution in [2.75, 3.05) is 19.5 Å².